The monoisotopic (exact) mass is 251 g/mol. The summed E-state index contributed by atoms with van der Waals surface area (Å²) in [4.78, 5) is 0. The highest BCUT2D eigenvalue weighted by molar-refractivity contribution is 9.10. The zero-order chi connectivity index (χ0) is 10.1. The summed E-state index contributed by atoms with van der Waals surface area (Å²) in [5, 5.41) is 3.99. The van der Waals surface area contributed by atoms with Crippen molar-refractivity contribution in [2.45, 2.75) is 13.8 Å². The van der Waals surface area contributed by atoms with Gasteiger partial charge in [-0.05, 0) is 40.9 Å². The van der Waals surface area contributed by atoms with Crippen LogP contribution in [-0.2, 0) is 0 Å². The van der Waals surface area contributed by atoms with Gasteiger partial charge in [0, 0.05) is 11.6 Å². The van der Waals surface area contributed by atoms with Gasteiger partial charge in [-0.2, -0.15) is 0 Å². The van der Waals surface area contributed by atoms with E-state index in [2.05, 4.69) is 47.1 Å². The second-order valence-electron chi connectivity index (χ2n) is 3.28. The first-order valence-corrected chi connectivity index (χ1v) is 5.16. The summed E-state index contributed by atoms with van der Waals surface area (Å²) >= 11 is 3.25. The molecule has 1 heterocycles. The van der Waals surface area contributed by atoms with Gasteiger partial charge in [0.05, 0.1) is 0 Å². The number of aromatic nitrogens is 1. The highest BCUT2D eigenvalue weighted by Gasteiger charge is 2.09. The molecule has 0 bridgehead atoms. The first-order chi connectivity index (χ1) is 6.68. The van der Waals surface area contributed by atoms with Gasteiger partial charge in [0.2, 0.25) is 4.67 Å². The molecule has 2 rings (SSSR count). The van der Waals surface area contributed by atoms with Crippen LogP contribution in [0.3, 0.4) is 0 Å². The predicted octanol–water partition coefficient (Wildman–Crippen LogP) is 3.72. The number of halogens is 1. The Morgan fingerprint density at radius 1 is 1.21 bits per heavy atom. The molecule has 0 saturated heterocycles. The maximum atomic E-state index is 5.00. The van der Waals surface area contributed by atoms with Crippen molar-refractivity contribution in [3.63, 3.8) is 0 Å². The van der Waals surface area contributed by atoms with Crippen LogP contribution in [0.2, 0.25) is 0 Å². The number of hydrogen-bond acceptors (Lipinski definition) is 2. The van der Waals surface area contributed by atoms with Gasteiger partial charge in [0.25, 0.3) is 0 Å². The topological polar surface area (TPSA) is 26.0 Å². The SMILES string of the molecule is Cc1cccc(C)c1-c1cc(Br)on1. The number of rotatable bonds is 1. The lowest BCUT2D eigenvalue weighted by Crippen LogP contribution is -1.86. The zero-order valence-electron chi connectivity index (χ0n) is 8.04. The fraction of sp³-hybridized carbons (Fsp3) is 0.182. The molecule has 0 spiro atoms. The average Bonchev–Trinajstić information content (AvgIpc) is 2.51. The molecular formula is C11H10BrNO. The lowest BCUT2D eigenvalue weighted by Gasteiger charge is -2.04. The fourth-order valence-corrected chi connectivity index (χ4v) is 1.88. The highest BCUT2D eigenvalue weighted by atomic mass is 79.9. The van der Waals surface area contributed by atoms with Gasteiger partial charge in [-0.25, -0.2) is 0 Å². The molecule has 0 aliphatic heterocycles. The van der Waals surface area contributed by atoms with Crippen LogP contribution in [0.25, 0.3) is 11.3 Å². The van der Waals surface area contributed by atoms with E-state index in [-0.39, 0.29) is 0 Å². The molecule has 3 heteroatoms. The Labute approximate surface area is 91.1 Å². The van der Waals surface area contributed by atoms with Crippen molar-refractivity contribution in [1.82, 2.24) is 5.16 Å². The molecule has 1 aromatic carbocycles. The van der Waals surface area contributed by atoms with Crippen molar-refractivity contribution in [3.05, 3.63) is 40.1 Å². The first kappa shape index (κ1) is 9.46. The second kappa shape index (κ2) is 3.58. The molecule has 1 aromatic heterocycles. The molecule has 14 heavy (non-hydrogen) atoms. The number of aryl methyl sites for hydroxylation is 2. The van der Waals surface area contributed by atoms with E-state index in [0.29, 0.717) is 4.67 Å². The normalized spacial score (nSPS) is 10.5. The van der Waals surface area contributed by atoms with Crippen LogP contribution in [0.1, 0.15) is 11.1 Å². The average molecular weight is 252 g/mol. The third kappa shape index (κ3) is 1.60. The lowest BCUT2D eigenvalue weighted by molar-refractivity contribution is 0.402. The number of benzene rings is 1. The molecule has 0 aliphatic carbocycles. The van der Waals surface area contributed by atoms with E-state index < -0.39 is 0 Å². The van der Waals surface area contributed by atoms with Crippen LogP contribution in [0, 0.1) is 13.8 Å². The van der Waals surface area contributed by atoms with E-state index in [1.54, 1.807) is 0 Å². The summed E-state index contributed by atoms with van der Waals surface area (Å²) < 4.78 is 5.66. The van der Waals surface area contributed by atoms with Crippen molar-refractivity contribution in [2.75, 3.05) is 0 Å². The molecular weight excluding hydrogens is 242 g/mol. The number of nitrogens with zero attached hydrogens (tertiary/aromatic N) is 1. The minimum absolute atomic E-state index is 0.662. The van der Waals surface area contributed by atoms with E-state index in [4.69, 9.17) is 4.52 Å². The molecule has 0 aliphatic rings. The Hall–Kier alpha value is -1.09. The minimum atomic E-state index is 0.662. The summed E-state index contributed by atoms with van der Waals surface area (Å²) in [6.07, 6.45) is 0. The maximum absolute atomic E-state index is 5.00. The van der Waals surface area contributed by atoms with Crippen molar-refractivity contribution in [3.8, 4) is 11.3 Å². The van der Waals surface area contributed by atoms with Gasteiger partial charge in [0.15, 0.2) is 0 Å². The fourth-order valence-electron chi connectivity index (χ4n) is 1.59. The Morgan fingerprint density at radius 2 is 1.86 bits per heavy atom. The van der Waals surface area contributed by atoms with Gasteiger partial charge in [-0.15, -0.1) is 0 Å². The number of hydrogen-bond donors (Lipinski definition) is 0. The Kier molecular flexibility index (Phi) is 2.42. The zero-order valence-corrected chi connectivity index (χ0v) is 9.63. The standard InChI is InChI=1S/C11H10BrNO/c1-7-4-3-5-8(2)11(7)9-6-10(12)14-13-9/h3-6H,1-2H3. The molecule has 0 fully saturated rings. The maximum Gasteiger partial charge on any atom is 0.202 e. The summed E-state index contributed by atoms with van der Waals surface area (Å²) in [7, 11) is 0. The van der Waals surface area contributed by atoms with E-state index in [1.165, 1.54) is 11.1 Å². The summed E-state index contributed by atoms with van der Waals surface area (Å²) in [6.45, 7) is 4.15. The summed E-state index contributed by atoms with van der Waals surface area (Å²) in [6, 6.07) is 8.08. The van der Waals surface area contributed by atoms with Crippen molar-refractivity contribution < 1.29 is 4.52 Å². The molecule has 72 valence electrons. The molecule has 0 unspecified atom stereocenters. The van der Waals surface area contributed by atoms with Gasteiger partial charge in [-0.1, -0.05) is 23.4 Å². The first-order valence-electron chi connectivity index (χ1n) is 4.37. The third-order valence-electron chi connectivity index (χ3n) is 2.22. The van der Waals surface area contributed by atoms with Crippen molar-refractivity contribution in [2.24, 2.45) is 0 Å². The molecule has 0 N–H and O–H groups in total. The molecule has 0 atom stereocenters. The van der Waals surface area contributed by atoms with E-state index >= 15 is 0 Å². The largest absolute Gasteiger partial charge is 0.349 e. The van der Waals surface area contributed by atoms with Crippen LogP contribution >= 0.6 is 15.9 Å². The Morgan fingerprint density at radius 3 is 2.36 bits per heavy atom. The van der Waals surface area contributed by atoms with Crippen LogP contribution < -0.4 is 0 Å². The minimum Gasteiger partial charge on any atom is -0.349 e. The van der Waals surface area contributed by atoms with Gasteiger partial charge < -0.3 is 4.52 Å². The second-order valence-corrected chi connectivity index (χ2v) is 4.06. The quantitative estimate of drug-likeness (QED) is 0.773. The molecule has 0 saturated carbocycles. The van der Waals surface area contributed by atoms with Gasteiger partial charge in [0.1, 0.15) is 5.69 Å². The lowest BCUT2D eigenvalue weighted by atomic mass is 10.0. The summed E-state index contributed by atoms with van der Waals surface area (Å²) in [5.41, 5.74) is 4.46. The van der Waals surface area contributed by atoms with Crippen molar-refractivity contribution in [1.29, 1.82) is 0 Å². The van der Waals surface area contributed by atoms with E-state index in [1.807, 2.05) is 12.1 Å². The summed E-state index contributed by atoms with van der Waals surface area (Å²) in [5.74, 6) is 0. The van der Waals surface area contributed by atoms with E-state index in [0.717, 1.165) is 11.3 Å². The van der Waals surface area contributed by atoms with E-state index in [9.17, 15) is 0 Å². The van der Waals surface area contributed by atoms with Crippen LogP contribution in [0.5, 0.6) is 0 Å². The van der Waals surface area contributed by atoms with Crippen molar-refractivity contribution >= 4 is 15.9 Å². The highest BCUT2D eigenvalue weighted by Crippen LogP contribution is 2.27. The van der Waals surface area contributed by atoms with Gasteiger partial charge in [-0.3, -0.25) is 0 Å². The molecule has 0 radical (unpaired) electrons. The predicted molar refractivity (Wildman–Crippen MR) is 59.1 cm³/mol. The molecule has 2 nitrogen and oxygen atoms in total. The Balaban J connectivity index is 2.61. The Bertz CT molecular complexity index is 442. The van der Waals surface area contributed by atoms with Crippen LogP contribution in [0.15, 0.2) is 33.5 Å². The van der Waals surface area contributed by atoms with Gasteiger partial charge >= 0.3 is 0 Å². The molecule has 0 amide bonds. The third-order valence-corrected chi connectivity index (χ3v) is 2.59. The molecule has 2 aromatic rings. The van der Waals surface area contributed by atoms with Crippen LogP contribution in [0.4, 0.5) is 0 Å². The van der Waals surface area contributed by atoms with Crippen LogP contribution in [-0.4, -0.2) is 5.16 Å². The smallest absolute Gasteiger partial charge is 0.202 e.